The highest BCUT2D eigenvalue weighted by Gasteiger charge is 1.95. The van der Waals surface area contributed by atoms with E-state index < -0.39 is 0 Å². The summed E-state index contributed by atoms with van der Waals surface area (Å²) in [5.41, 5.74) is 0.928. The second-order valence-corrected chi connectivity index (χ2v) is 1.66. The van der Waals surface area contributed by atoms with E-state index in [1.807, 2.05) is 12.3 Å². The third-order valence-corrected chi connectivity index (χ3v) is 1.16. The molecule has 1 rings (SSSR count). The molecule has 0 unspecified atom stereocenters. The number of hydrogen-bond donors (Lipinski definition) is 1. The SMILES string of the molecule is C=Cc1[nH]ccc1OC. The Balaban J connectivity index is 2.98. The van der Waals surface area contributed by atoms with Gasteiger partial charge in [-0.1, -0.05) is 6.58 Å². The van der Waals surface area contributed by atoms with Gasteiger partial charge in [-0.3, -0.25) is 0 Å². The average molecular weight is 123 g/mol. The monoisotopic (exact) mass is 123 g/mol. The molecule has 0 fully saturated rings. The maximum Gasteiger partial charge on any atom is 0.143 e. The fourth-order valence-electron chi connectivity index (χ4n) is 0.706. The molecule has 0 radical (unpaired) electrons. The van der Waals surface area contributed by atoms with Crippen molar-refractivity contribution in [2.45, 2.75) is 0 Å². The van der Waals surface area contributed by atoms with E-state index in [-0.39, 0.29) is 0 Å². The first-order valence-corrected chi connectivity index (χ1v) is 2.72. The predicted molar refractivity (Wildman–Crippen MR) is 37.4 cm³/mol. The molecule has 0 saturated heterocycles. The van der Waals surface area contributed by atoms with Crippen LogP contribution in [-0.4, -0.2) is 12.1 Å². The van der Waals surface area contributed by atoms with E-state index in [0.29, 0.717) is 0 Å². The molecule has 1 aromatic rings. The molecule has 1 heterocycles. The molecule has 0 bridgehead atoms. The summed E-state index contributed by atoms with van der Waals surface area (Å²) in [4.78, 5) is 2.96. The fourth-order valence-corrected chi connectivity index (χ4v) is 0.706. The molecule has 48 valence electrons. The smallest absolute Gasteiger partial charge is 0.143 e. The summed E-state index contributed by atoms with van der Waals surface area (Å²) in [6.07, 6.45) is 3.54. The Kier molecular flexibility index (Phi) is 1.58. The lowest BCUT2D eigenvalue weighted by molar-refractivity contribution is 0.414. The van der Waals surface area contributed by atoms with Crippen molar-refractivity contribution in [1.29, 1.82) is 0 Å². The van der Waals surface area contributed by atoms with Crippen LogP contribution in [0.25, 0.3) is 6.08 Å². The Hall–Kier alpha value is -1.18. The first-order chi connectivity index (χ1) is 4.38. The molecule has 0 aliphatic heterocycles. The highest BCUT2D eigenvalue weighted by atomic mass is 16.5. The van der Waals surface area contributed by atoms with Gasteiger partial charge in [0.05, 0.1) is 12.8 Å². The van der Waals surface area contributed by atoms with Crippen LogP contribution < -0.4 is 4.74 Å². The van der Waals surface area contributed by atoms with E-state index in [1.165, 1.54) is 0 Å². The predicted octanol–water partition coefficient (Wildman–Crippen LogP) is 1.67. The highest BCUT2D eigenvalue weighted by molar-refractivity contribution is 5.51. The third-order valence-electron chi connectivity index (χ3n) is 1.16. The van der Waals surface area contributed by atoms with Gasteiger partial charge < -0.3 is 9.72 Å². The molecule has 0 atom stereocenters. The zero-order valence-corrected chi connectivity index (χ0v) is 5.35. The summed E-state index contributed by atoms with van der Waals surface area (Å²) in [7, 11) is 1.64. The maximum atomic E-state index is 4.97. The number of H-pyrrole nitrogens is 1. The Morgan fingerprint density at radius 3 is 3.00 bits per heavy atom. The summed E-state index contributed by atoms with van der Waals surface area (Å²) >= 11 is 0. The number of methoxy groups -OCH3 is 1. The van der Waals surface area contributed by atoms with Crippen LogP contribution in [0.2, 0.25) is 0 Å². The van der Waals surface area contributed by atoms with E-state index >= 15 is 0 Å². The number of aromatic amines is 1. The summed E-state index contributed by atoms with van der Waals surface area (Å²) in [5.74, 6) is 0.838. The Morgan fingerprint density at radius 1 is 1.78 bits per heavy atom. The molecule has 2 heteroatoms. The molecule has 1 N–H and O–H groups in total. The molecular formula is C7H9NO. The van der Waals surface area contributed by atoms with Crippen molar-refractivity contribution in [3.05, 3.63) is 24.5 Å². The molecule has 1 aromatic heterocycles. The van der Waals surface area contributed by atoms with Crippen LogP contribution in [0.5, 0.6) is 5.75 Å². The molecule has 0 spiro atoms. The van der Waals surface area contributed by atoms with E-state index in [9.17, 15) is 0 Å². The van der Waals surface area contributed by atoms with Crippen LogP contribution in [0.3, 0.4) is 0 Å². The summed E-state index contributed by atoms with van der Waals surface area (Å²) in [6.45, 7) is 3.60. The van der Waals surface area contributed by atoms with Gasteiger partial charge in [0.15, 0.2) is 0 Å². The average Bonchev–Trinajstić information content (AvgIpc) is 2.33. The van der Waals surface area contributed by atoms with Crippen molar-refractivity contribution >= 4 is 6.08 Å². The molecule has 0 amide bonds. The summed E-state index contributed by atoms with van der Waals surface area (Å²) < 4.78 is 4.97. The van der Waals surface area contributed by atoms with Crippen LogP contribution in [0.4, 0.5) is 0 Å². The van der Waals surface area contributed by atoms with Gasteiger partial charge in [-0.15, -0.1) is 0 Å². The zero-order chi connectivity index (χ0) is 6.69. The molecule has 9 heavy (non-hydrogen) atoms. The van der Waals surface area contributed by atoms with E-state index in [4.69, 9.17) is 4.74 Å². The van der Waals surface area contributed by atoms with E-state index in [1.54, 1.807) is 13.2 Å². The maximum absolute atomic E-state index is 4.97. The zero-order valence-electron chi connectivity index (χ0n) is 5.35. The van der Waals surface area contributed by atoms with Crippen LogP contribution in [0, 0.1) is 0 Å². The minimum Gasteiger partial charge on any atom is -0.495 e. The van der Waals surface area contributed by atoms with Gasteiger partial charge in [0, 0.05) is 6.20 Å². The highest BCUT2D eigenvalue weighted by Crippen LogP contribution is 2.15. The lowest BCUT2D eigenvalue weighted by Crippen LogP contribution is -1.81. The Labute approximate surface area is 54.2 Å². The van der Waals surface area contributed by atoms with Crippen molar-refractivity contribution < 1.29 is 4.74 Å². The van der Waals surface area contributed by atoms with Crippen LogP contribution in [-0.2, 0) is 0 Å². The van der Waals surface area contributed by atoms with Crippen molar-refractivity contribution in [2.75, 3.05) is 7.11 Å². The van der Waals surface area contributed by atoms with Crippen molar-refractivity contribution in [3.8, 4) is 5.75 Å². The van der Waals surface area contributed by atoms with Crippen molar-refractivity contribution in [3.63, 3.8) is 0 Å². The van der Waals surface area contributed by atoms with Gasteiger partial charge in [-0.25, -0.2) is 0 Å². The van der Waals surface area contributed by atoms with E-state index in [2.05, 4.69) is 11.6 Å². The minimum atomic E-state index is 0.838. The number of hydrogen-bond acceptors (Lipinski definition) is 1. The topological polar surface area (TPSA) is 25.0 Å². The van der Waals surface area contributed by atoms with Gasteiger partial charge in [0.25, 0.3) is 0 Å². The lowest BCUT2D eigenvalue weighted by Gasteiger charge is -1.94. The molecule has 0 aromatic carbocycles. The first-order valence-electron chi connectivity index (χ1n) is 2.72. The second kappa shape index (κ2) is 2.40. The molecule has 2 nitrogen and oxygen atoms in total. The normalized spacial score (nSPS) is 9.00. The van der Waals surface area contributed by atoms with Gasteiger partial charge in [0.1, 0.15) is 5.75 Å². The van der Waals surface area contributed by atoms with Gasteiger partial charge in [-0.2, -0.15) is 0 Å². The quantitative estimate of drug-likeness (QED) is 0.635. The summed E-state index contributed by atoms with van der Waals surface area (Å²) in [6, 6.07) is 1.86. The van der Waals surface area contributed by atoms with Crippen LogP contribution in [0.1, 0.15) is 5.69 Å². The Morgan fingerprint density at radius 2 is 2.56 bits per heavy atom. The molecule has 0 aliphatic carbocycles. The summed E-state index contributed by atoms with van der Waals surface area (Å²) in [5, 5.41) is 0. The second-order valence-electron chi connectivity index (χ2n) is 1.66. The number of nitrogens with one attached hydrogen (secondary N) is 1. The number of ether oxygens (including phenoxy) is 1. The van der Waals surface area contributed by atoms with Crippen molar-refractivity contribution in [2.24, 2.45) is 0 Å². The third kappa shape index (κ3) is 0.964. The van der Waals surface area contributed by atoms with E-state index in [0.717, 1.165) is 11.4 Å². The fraction of sp³-hybridized carbons (Fsp3) is 0.143. The van der Waals surface area contributed by atoms with Gasteiger partial charge >= 0.3 is 0 Å². The van der Waals surface area contributed by atoms with Crippen LogP contribution in [0.15, 0.2) is 18.8 Å². The standard InChI is InChI=1S/C7H9NO/c1-3-6-7(9-2)4-5-8-6/h3-5,8H,1H2,2H3. The van der Waals surface area contributed by atoms with Gasteiger partial charge in [-0.05, 0) is 12.1 Å². The minimum absolute atomic E-state index is 0.838. The van der Waals surface area contributed by atoms with Crippen molar-refractivity contribution in [1.82, 2.24) is 4.98 Å². The Bertz CT molecular complexity index is 202. The lowest BCUT2D eigenvalue weighted by atomic mass is 10.4. The first kappa shape index (κ1) is 5.95. The largest absolute Gasteiger partial charge is 0.495 e. The molecule has 0 saturated carbocycles. The van der Waals surface area contributed by atoms with Gasteiger partial charge in [0.2, 0.25) is 0 Å². The molecular weight excluding hydrogens is 114 g/mol. The number of aromatic nitrogens is 1. The van der Waals surface area contributed by atoms with Crippen LogP contribution >= 0.6 is 0 Å². The molecule has 0 aliphatic rings. The number of rotatable bonds is 2.